The molecule has 1 amide bonds. The molecule has 18 atom stereocenters. The lowest BCUT2D eigenvalue weighted by Gasteiger charge is -2.49. The van der Waals surface area contributed by atoms with E-state index in [1.165, 1.54) is 26.0 Å². The van der Waals surface area contributed by atoms with E-state index in [-0.39, 0.29) is 44.8 Å². The molecule has 3 heterocycles. The maximum Gasteiger partial charge on any atom is 0.509 e. The number of ether oxygens (including phenoxy) is 9. The molecule has 3 saturated heterocycles. The largest absolute Gasteiger partial charge is 0.509 e. The van der Waals surface area contributed by atoms with Crippen LogP contribution in [0.5, 0.6) is 0 Å². The van der Waals surface area contributed by atoms with E-state index in [1.54, 1.807) is 74.6 Å². The molecule has 2 aromatic rings. The summed E-state index contributed by atoms with van der Waals surface area (Å²) < 4.78 is 56.1. The van der Waals surface area contributed by atoms with Gasteiger partial charge in [-0.25, -0.2) is 9.59 Å². The molecule has 3 aliphatic rings. The van der Waals surface area contributed by atoms with Gasteiger partial charge in [-0.3, -0.25) is 4.79 Å². The number of hydrogen-bond acceptors (Lipinski definition) is 17. The van der Waals surface area contributed by atoms with Gasteiger partial charge in [-0.15, -0.1) is 0 Å². The molecule has 3 aliphatic heterocycles. The molecule has 0 aromatic heterocycles. The number of carbonyl (C=O) groups excluding carboxylic acids is 3. The van der Waals surface area contributed by atoms with Crippen molar-refractivity contribution in [2.24, 2.45) is 17.8 Å². The molecule has 400 valence electrons. The van der Waals surface area contributed by atoms with Crippen LogP contribution >= 0.6 is 0 Å². The van der Waals surface area contributed by atoms with Gasteiger partial charge in [0.25, 0.3) is 0 Å². The van der Waals surface area contributed by atoms with Crippen LogP contribution in [0.4, 0.5) is 9.59 Å². The number of carbonyl (C=O) groups is 3. The standard InChI is InChI=1S/C53H82N2O16/c1-14-40-53(10,62)44(56)35(6)54(11)28-31(2)26-51(8,61)46(33(4)42(34(5)47(58)68-40)69-41-27-52(9,63-13)45(57)36(7)67-41)71-48-43(70-50(60)65-30-38-23-19-16-20-24-38)39(25-32(3)66-48)55(12)49(59)64-29-37-21-17-15-18-22-37/h15-24,31-36,39-46,48,56-57,61-62H,14,25-30H2,1-13H3/t31-,32-,33+,34-,35-,36+,39+,40?,41+,42+,43-,44-,45+,46-,48+,51-,52-,53-/m1/s1. The maximum absolute atomic E-state index is 14.6. The van der Waals surface area contributed by atoms with Crippen molar-refractivity contribution in [3.63, 3.8) is 0 Å². The van der Waals surface area contributed by atoms with E-state index in [0.29, 0.717) is 12.1 Å². The Morgan fingerprint density at radius 1 is 0.831 bits per heavy atom. The molecule has 71 heavy (non-hydrogen) atoms. The van der Waals surface area contributed by atoms with Crippen LogP contribution in [0.2, 0.25) is 0 Å². The molecule has 0 bridgehead atoms. The summed E-state index contributed by atoms with van der Waals surface area (Å²) in [6.07, 6.45) is -12.6. The van der Waals surface area contributed by atoms with Crippen LogP contribution in [0.3, 0.4) is 0 Å². The second-order valence-corrected chi connectivity index (χ2v) is 21.0. The average Bonchev–Trinajstić information content (AvgIpc) is 3.33. The predicted octanol–water partition coefficient (Wildman–Crippen LogP) is 5.97. The second kappa shape index (κ2) is 24.9. The summed E-state index contributed by atoms with van der Waals surface area (Å²) in [6.45, 7) is 17.3. The van der Waals surface area contributed by atoms with E-state index in [1.807, 2.05) is 60.4 Å². The fourth-order valence-electron chi connectivity index (χ4n) is 10.5. The van der Waals surface area contributed by atoms with Gasteiger partial charge in [0.2, 0.25) is 0 Å². The quantitative estimate of drug-likeness (QED) is 0.142. The second-order valence-electron chi connectivity index (χ2n) is 21.0. The van der Waals surface area contributed by atoms with Gasteiger partial charge in [0.1, 0.15) is 37.1 Å². The van der Waals surface area contributed by atoms with Gasteiger partial charge in [-0.05, 0) is 91.8 Å². The highest BCUT2D eigenvalue weighted by molar-refractivity contribution is 5.73. The number of hydrogen-bond donors (Lipinski definition) is 4. The number of nitrogens with zero attached hydrogens (tertiary/aromatic N) is 2. The molecule has 4 N–H and O–H groups in total. The first-order chi connectivity index (χ1) is 33.3. The summed E-state index contributed by atoms with van der Waals surface area (Å²) in [5.74, 6) is -3.17. The maximum atomic E-state index is 14.6. The number of amides is 1. The molecular weight excluding hydrogens is 921 g/mol. The van der Waals surface area contributed by atoms with Gasteiger partial charge in [0.05, 0.1) is 47.6 Å². The Bertz CT molecular complexity index is 1990. The topological polar surface area (TPSA) is 222 Å². The fourth-order valence-corrected chi connectivity index (χ4v) is 10.5. The summed E-state index contributed by atoms with van der Waals surface area (Å²) >= 11 is 0. The smallest absolute Gasteiger partial charge is 0.459 e. The SMILES string of the molecule is CCC1OC(=O)[C@H](C)[C@@H](O[C@H]2C[C@@](C)(OC)[C@@H](O)[C@H](C)O2)[C@H](C)[C@@H](O[C@@H]2O[C@H](C)C[C@H](N(C)C(=O)OCc3ccccc3)[C@H]2OC(=O)OCc2ccccc2)[C@](C)(O)C[C@@H](C)CN(C)[C@H](C)[C@@H](O)[C@]1(C)O. The summed E-state index contributed by atoms with van der Waals surface area (Å²) in [7, 11) is 4.81. The van der Waals surface area contributed by atoms with Crippen molar-refractivity contribution in [2.45, 2.75) is 198 Å². The highest BCUT2D eigenvalue weighted by Gasteiger charge is 2.54. The Labute approximate surface area is 420 Å². The van der Waals surface area contributed by atoms with Crippen LogP contribution in [-0.4, -0.2) is 166 Å². The summed E-state index contributed by atoms with van der Waals surface area (Å²) in [6, 6.07) is 16.7. The van der Waals surface area contributed by atoms with Crippen molar-refractivity contribution in [1.29, 1.82) is 0 Å². The predicted molar refractivity (Wildman–Crippen MR) is 260 cm³/mol. The van der Waals surface area contributed by atoms with E-state index in [2.05, 4.69) is 0 Å². The molecule has 5 rings (SSSR count). The van der Waals surface area contributed by atoms with E-state index in [9.17, 15) is 34.8 Å². The summed E-state index contributed by atoms with van der Waals surface area (Å²) in [5, 5.41) is 47.8. The average molecular weight is 1000 g/mol. The Morgan fingerprint density at radius 2 is 1.42 bits per heavy atom. The summed E-state index contributed by atoms with van der Waals surface area (Å²) in [5.41, 5.74) is -3.31. The van der Waals surface area contributed by atoms with Crippen molar-refractivity contribution in [3.05, 3.63) is 71.8 Å². The normalized spacial score (nSPS) is 39.0. The number of rotatable bonds is 12. The molecule has 1 unspecified atom stereocenters. The van der Waals surface area contributed by atoms with Gasteiger partial charge in [-0.1, -0.05) is 81.4 Å². The minimum atomic E-state index is -1.89. The van der Waals surface area contributed by atoms with Crippen LogP contribution < -0.4 is 0 Å². The summed E-state index contributed by atoms with van der Waals surface area (Å²) in [4.78, 5) is 45.5. The van der Waals surface area contributed by atoms with Gasteiger partial charge < -0.3 is 72.9 Å². The fraction of sp³-hybridized carbons (Fsp3) is 0.717. The number of cyclic esters (lactones) is 1. The van der Waals surface area contributed by atoms with Crippen LogP contribution in [0.15, 0.2) is 60.7 Å². The lowest BCUT2D eigenvalue weighted by Crippen LogP contribution is -2.62. The number of aliphatic hydroxyl groups excluding tert-OH is 2. The van der Waals surface area contributed by atoms with Crippen molar-refractivity contribution < 1.29 is 77.4 Å². The number of aliphatic hydroxyl groups is 4. The first-order valence-electron chi connectivity index (χ1n) is 25.0. The van der Waals surface area contributed by atoms with E-state index < -0.39 is 120 Å². The van der Waals surface area contributed by atoms with Gasteiger partial charge in [0.15, 0.2) is 18.7 Å². The van der Waals surface area contributed by atoms with E-state index >= 15 is 0 Å². The first-order valence-corrected chi connectivity index (χ1v) is 25.0. The lowest BCUT2D eigenvalue weighted by molar-refractivity contribution is -0.318. The Kier molecular flexibility index (Phi) is 20.3. The first kappa shape index (κ1) is 57.9. The van der Waals surface area contributed by atoms with Gasteiger partial charge in [0, 0.05) is 39.1 Å². The minimum absolute atomic E-state index is 0.0224. The highest BCUT2D eigenvalue weighted by Crippen LogP contribution is 2.41. The van der Waals surface area contributed by atoms with E-state index in [4.69, 9.17) is 42.6 Å². The van der Waals surface area contributed by atoms with Crippen molar-refractivity contribution >= 4 is 18.2 Å². The molecule has 0 radical (unpaired) electrons. The van der Waals surface area contributed by atoms with Crippen molar-refractivity contribution in [1.82, 2.24) is 9.80 Å². The number of likely N-dealkylation sites (N-methyl/N-ethyl adjacent to an activating group) is 2. The van der Waals surface area contributed by atoms with E-state index in [0.717, 1.165) is 5.56 Å². The number of benzene rings is 2. The third kappa shape index (κ3) is 14.4. The lowest BCUT2D eigenvalue weighted by atomic mass is 9.77. The highest BCUT2D eigenvalue weighted by atomic mass is 16.8. The molecule has 18 heteroatoms. The van der Waals surface area contributed by atoms with Crippen LogP contribution in [0.25, 0.3) is 0 Å². The van der Waals surface area contributed by atoms with Crippen LogP contribution in [0.1, 0.15) is 106 Å². The van der Waals surface area contributed by atoms with Crippen molar-refractivity contribution in [3.8, 4) is 0 Å². The monoisotopic (exact) mass is 1000 g/mol. The van der Waals surface area contributed by atoms with Gasteiger partial charge in [-0.2, -0.15) is 0 Å². The number of methoxy groups -OCH3 is 1. The molecule has 18 nitrogen and oxygen atoms in total. The zero-order chi connectivity index (χ0) is 52.6. The van der Waals surface area contributed by atoms with Crippen LogP contribution in [0, 0.1) is 17.8 Å². The van der Waals surface area contributed by atoms with Crippen LogP contribution in [-0.2, 0) is 60.6 Å². The Hall–Kier alpha value is -3.95. The third-order valence-electron chi connectivity index (χ3n) is 14.9. The Balaban J connectivity index is 1.60. The molecule has 0 aliphatic carbocycles. The van der Waals surface area contributed by atoms with Crippen molar-refractivity contribution in [2.75, 3.05) is 27.7 Å². The molecule has 0 spiro atoms. The zero-order valence-corrected chi connectivity index (χ0v) is 44.0. The zero-order valence-electron chi connectivity index (χ0n) is 44.0. The number of esters is 1. The third-order valence-corrected chi connectivity index (χ3v) is 14.9. The molecular formula is C53H82N2O16. The Morgan fingerprint density at radius 3 is 2.00 bits per heavy atom. The molecule has 2 aromatic carbocycles. The van der Waals surface area contributed by atoms with Gasteiger partial charge >= 0.3 is 18.2 Å². The minimum Gasteiger partial charge on any atom is -0.459 e. The molecule has 3 fully saturated rings. The molecule has 0 saturated carbocycles.